The van der Waals surface area contributed by atoms with Crippen molar-refractivity contribution >= 4 is 5.91 Å². The Labute approximate surface area is 98.4 Å². The number of imidazole rings is 1. The zero-order valence-electron chi connectivity index (χ0n) is 9.53. The predicted octanol–water partition coefficient (Wildman–Crippen LogP) is -0.0161. The van der Waals surface area contributed by atoms with E-state index in [-0.39, 0.29) is 30.2 Å². The maximum Gasteiger partial charge on any atom is 0.323 e. The first kappa shape index (κ1) is 11.9. The van der Waals surface area contributed by atoms with E-state index in [0.717, 1.165) is 25.7 Å². The number of aromatic nitrogens is 2. The lowest BCUT2D eigenvalue weighted by atomic mass is 9.85. The average Bonchev–Trinajstić information content (AvgIpc) is 2.77. The highest BCUT2D eigenvalue weighted by atomic mass is 16.3. The largest absolute Gasteiger partial charge is 0.396 e. The molecule has 0 radical (unpaired) electrons. The van der Waals surface area contributed by atoms with Crippen molar-refractivity contribution in [1.82, 2.24) is 15.3 Å². The van der Waals surface area contributed by atoms with E-state index in [1.165, 1.54) is 6.20 Å². The normalized spacial score (nSPS) is 24.5. The molecule has 1 aromatic rings. The van der Waals surface area contributed by atoms with Gasteiger partial charge in [0.05, 0.1) is 0 Å². The van der Waals surface area contributed by atoms with Crippen molar-refractivity contribution in [2.45, 2.75) is 31.7 Å². The fourth-order valence-corrected chi connectivity index (χ4v) is 2.32. The number of amides is 1. The number of aliphatic hydroxyl groups is 1. The first-order valence-electron chi connectivity index (χ1n) is 5.90. The molecule has 1 aromatic heterocycles. The van der Waals surface area contributed by atoms with E-state index in [1.54, 1.807) is 0 Å². The number of aromatic amines is 2. The topological polar surface area (TPSA) is 98.0 Å². The van der Waals surface area contributed by atoms with Gasteiger partial charge in [-0.05, 0) is 12.8 Å². The van der Waals surface area contributed by atoms with Gasteiger partial charge >= 0.3 is 5.69 Å². The van der Waals surface area contributed by atoms with Crippen molar-refractivity contribution in [1.29, 1.82) is 0 Å². The molecule has 2 atom stereocenters. The first-order chi connectivity index (χ1) is 8.20. The van der Waals surface area contributed by atoms with Crippen molar-refractivity contribution in [3.8, 4) is 0 Å². The Kier molecular flexibility index (Phi) is 3.63. The fraction of sp³-hybridized carbons (Fsp3) is 0.636. The van der Waals surface area contributed by atoms with Gasteiger partial charge in [-0.15, -0.1) is 0 Å². The molecule has 6 nitrogen and oxygen atoms in total. The van der Waals surface area contributed by atoms with Crippen LogP contribution in [0.25, 0.3) is 0 Å². The minimum atomic E-state index is -0.391. The van der Waals surface area contributed by atoms with Crippen LogP contribution >= 0.6 is 0 Å². The number of rotatable bonds is 3. The highest BCUT2D eigenvalue weighted by Crippen LogP contribution is 2.24. The highest BCUT2D eigenvalue weighted by molar-refractivity contribution is 5.92. The van der Waals surface area contributed by atoms with Crippen LogP contribution in [0.2, 0.25) is 0 Å². The average molecular weight is 239 g/mol. The second-order valence-corrected chi connectivity index (χ2v) is 4.46. The molecule has 0 saturated heterocycles. The predicted molar refractivity (Wildman–Crippen MR) is 61.7 cm³/mol. The summed E-state index contributed by atoms with van der Waals surface area (Å²) in [7, 11) is 0. The van der Waals surface area contributed by atoms with Gasteiger partial charge in [-0.1, -0.05) is 12.8 Å². The van der Waals surface area contributed by atoms with Gasteiger partial charge in [-0.25, -0.2) is 4.79 Å². The number of aliphatic hydroxyl groups excluding tert-OH is 1. The standard InChI is InChI=1S/C11H17N3O3/c15-6-7-3-1-2-4-8(7)13-10(16)9-5-12-11(17)14-9/h5,7-8,15H,1-4,6H2,(H,13,16)(H2,12,14,17). The summed E-state index contributed by atoms with van der Waals surface area (Å²) in [4.78, 5) is 27.5. The number of hydrogen-bond donors (Lipinski definition) is 4. The molecule has 2 unspecified atom stereocenters. The lowest BCUT2D eigenvalue weighted by Crippen LogP contribution is -2.43. The summed E-state index contributed by atoms with van der Waals surface area (Å²) < 4.78 is 0. The summed E-state index contributed by atoms with van der Waals surface area (Å²) in [5.41, 5.74) is -0.158. The summed E-state index contributed by atoms with van der Waals surface area (Å²) in [6.45, 7) is 0.0919. The molecule has 0 aliphatic heterocycles. The molecule has 94 valence electrons. The number of carbonyl (C=O) groups is 1. The Morgan fingerprint density at radius 3 is 2.88 bits per heavy atom. The minimum absolute atomic E-state index is 0.000322. The van der Waals surface area contributed by atoms with Gasteiger partial charge in [0.2, 0.25) is 0 Å². The van der Waals surface area contributed by atoms with Gasteiger partial charge in [0.1, 0.15) is 5.69 Å². The van der Waals surface area contributed by atoms with Crippen LogP contribution in [-0.2, 0) is 0 Å². The van der Waals surface area contributed by atoms with Crippen LogP contribution in [0.3, 0.4) is 0 Å². The van der Waals surface area contributed by atoms with Crippen LogP contribution in [0.5, 0.6) is 0 Å². The molecule has 0 bridgehead atoms. The molecule has 0 spiro atoms. The maximum absolute atomic E-state index is 11.8. The molecule has 1 saturated carbocycles. The van der Waals surface area contributed by atoms with Crippen LogP contribution < -0.4 is 11.0 Å². The Morgan fingerprint density at radius 2 is 2.24 bits per heavy atom. The van der Waals surface area contributed by atoms with Crippen LogP contribution in [0.1, 0.15) is 36.2 Å². The molecular weight excluding hydrogens is 222 g/mol. The molecule has 1 fully saturated rings. The van der Waals surface area contributed by atoms with Crippen LogP contribution in [0.4, 0.5) is 0 Å². The number of carbonyl (C=O) groups excluding carboxylic acids is 1. The van der Waals surface area contributed by atoms with E-state index in [4.69, 9.17) is 0 Å². The fourth-order valence-electron chi connectivity index (χ4n) is 2.32. The molecule has 1 heterocycles. The summed E-state index contributed by atoms with van der Waals surface area (Å²) >= 11 is 0. The third kappa shape index (κ3) is 2.76. The smallest absolute Gasteiger partial charge is 0.323 e. The zero-order valence-corrected chi connectivity index (χ0v) is 9.53. The van der Waals surface area contributed by atoms with E-state index in [0.29, 0.717) is 0 Å². The van der Waals surface area contributed by atoms with Gasteiger partial charge in [0.15, 0.2) is 0 Å². The number of nitrogens with one attached hydrogen (secondary N) is 3. The molecule has 4 N–H and O–H groups in total. The van der Waals surface area contributed by atoms with E-state index in [9.17, 15) is 14.7 Å². The Bertz CT molecular complexity index is 437. The van der Waals surface area contributed by atoms with E-state index in [1.807, 2.05) is 0 Å². The highest BCUT2D eigenvalue weighted by Gasteiger charge is 2.26. The van der Waals surface area contributed by atoms with Gasteiger partial charge < -0.3 is 20.4 Å². The third-order valence-corrected chi connectivity index (χ3v) is 3.30. The minimum Gasteiger partial charge on any atom is -0.396 e. The van der Waals surface area contributed by atoms with Gasteiger partial charge in [0, 0.05) is 24.8 Å². The van der Waals surface area contributed by atoms with Crippen molar-refractivity contribution < 1.29 is 9.90 Å². The second-order valence-electron chi connectivity index (χ2n) is 4.46. The molecule has 17 heavy (non-hydrogen) atoms. The molecule has 1 amide bonds. The molecular formula is C11H17N3O3. The molecule has 6 heteroatoms. The third-order valence-electron chi connectivity index (χ3n) is 3.30. The van der Waals surface area contributed by atoms with Crippen molar-refractivity contribution in [3.63, 3.8) is 0 Å². The lowest BCUT2D eigenvalue weighted by molar-refractivity contribution is 0.0868. The summed E-state index contributed by atoms with van der Waals surface area (Å²) in [5, 5.41) is 12.1. The van der Waals surface area contributed by atoms with Crippen molar-refractivity contribution in [2.24, 2.45) is 5.92 Å². The Morgan fingerprint density at radius 1 is 1.47 bits per heavy atom. The van der Waals surface area contributed by atoms with Crippen LogP contribution in [0.15, 0.2) is 11.0 Å². The van der Waals surface area contributed by atoms with Gasteiger partial charge in [-0.2, -0.15) is 0 Å². The quantitative estimate of drug-likeness (QED) is 0.597. The van der Waals surface area contributed by atoms with E-state index >= 15 is 0 Å². The molecule has 1 aliphatic rings. The SMILES string of the molecule is O=C(NC1CCCCC1CO)c1c[nH]c(=O)[nH]1. The van der Waals surface area contributed by atoms with E-state index in [2.05, 4.69) is 15.3 Å². The van der Waals surface area contributed by atoms with Crippen molar-refractivity contribution in [2.75, 3.05) is 6.61 Å². The van der Waals surface area contributed by atoms with Crippen LogP contribution in [0, 0.1) is 5.92 Å². The summed E-state index contributed by atoms with van der Waals surface area (Å²) in [5.74, 6) is -0.174. The second kappa shape index (κ2) is 5.18. The van der Waals surface area contributed by atoms with Crippen LogP contribution in [-0.4, -0.2) is 33.6 Å². The number of hydrogen-bond acceptors (Lipinski definition) is 3. The zero-order chi connectivity index (χ0) is 12.3. The summed E-state index contributed by atoms with van der Waals surface area (Å²) in [6.07, 6.45) is 5.33. The van der Waals surface area contributed by atoms with Gasteiger partial charge in [-0.3, -0.25) is 4.79 Å². The van der Waals surface area contributed by atoms with Gasteiger partial charge in [0.25, 0.3) is 5.91 Å². The maximum atomic E-state index is 11.8. The first-order valence-corrected chi connectivity index (χ1v) is 5.90. The lowest BCUT2D eigenvalue weighted by Gasteiger charge is -2.30. The Balaban J connectivity index is 1.99. The molecule has 2 rings (SSSR count). The molecule has 1 aliphatic carbocycles. The number of H-pyrrole nitrogens is 2. The Hall–Kier alpha value is -1.56. The summed E-state index contributed by atoms with van der Waals surface area (Å²) in [6, 6.07) is -0.000322. The monoisotopic (exact) mass is 239 g/mol. The molecule has 0 aromatic carbocycles. The van der Waals surface area contributed by atoms with E-state index < -0.39 is 5.69 Å². The van der Waals surface area contributed by atoms with Crippen molar-refractivity contribution in [3.05, 3.63) is 22.4 Å².